The number of carbonyl (C=O) groups is 1. The van der Waals surface area contributed by atoms with Gasteiger partial charge in [-0.25, -0.2) is 4.98 Å². The van der Waals surface area contributed by atoms with Crippen molar-refractivity contribution in [3.8, 4) is 0 Å². The molecule has 6 heteroatoms. The first kappa shape index (κ1) is 19.5. The second-order valence-corrected chi connectivity index (χ2v) is 9.57. The van der Waals surface area contributed by atoms with Crippen molar-refractivity contribution < 1.29 is 4.79 Å². The Hall–Kier alpha value is -2.47. The SMILES string of the molecule is Cc1ccccc1C1CCCN1C(=O)CCn1cnc2sc3c(c2c1=O)CCCC3. The van der Waals surface area contributed by atoms with Crippen molar-refractivity contribution in [3.63, 3.8) is 0 Å². The van der Waals surface area contributed by atoms with Crippen molar-refractivity contribution in [2.45, 2.75) is 64.5 Å². The van der Waals surface area contributed by atoms with Crippen molar-refractivity contribution in [2.24, 2.45) is 0 Å². The quantitative estimate of drug-likeness (QED) is 0.627. The Morgan fingerprint density at radius 3 is 2.90 bits per heavy atom. The highest BCUT2D eigenvalue weighted by atomic mass is 32.1. The van der Waals surface area contributed by atoms with E-state index in [-0.39, 0.29) is 17.5 Å². The third-order valence-electron chi connectivity index (χ3n) is 6.63. The lowest BCUT2D eigenvalue weighted by molar-refractivity contribution is -0.132. The molecule has 3 aromatic rings. The van der Waals surface area contributed by atoms with Gasteiger partial charge in [0.25, 0.3) is 5.56 Å². The van der Waals surface area contributed by atoms with Crippen molar-refractivity contribution in [1.29, 1.82) is 0 Å². The Morgan fingerprint density at radius 1 is 1.20 bits per heavy atom. The van der Waals surface area contributed by atoms with E-state index in [0.717, 1.165) is 48.9 Å². The molecule has 1 unspecified atom stereocenters. The van der Waals surface area contributed by atoms with Crippen LogP contribution in [0.1, 0.15) is 59.7 Å². The van der Waals surface area contributed by atoms with E-state index in [1.165, 1.54) is 28.0 Å². The van der Waals surface area contributed by atoms with E-state index < -0.39 is 0 Å². The largest absolute Gasteiger partial charge is 0.336 e. The summed E-state index contributed by atoms with van der Waals surface area (Å²) in [6, 6.07) is 8.48. The van der Waals surface area contributed by atoms with Gasteiger partial charge in [-0.1, -0.05) is 24.3 Å². The molecule has 1 atom stereocenters. The second-order valence-electron chi connectivity index (χ2n) is 8.49. The molecule has 1 aliphatic carbocycles. The van der Waals surface area contributed by atoms with E-state index in [1.807, 2.05) is 17.0 Å². The fraction of sp³-hybridized carbons (Fsp3) is 0.458. The predicted octanol–water partition coefficient (Wildman–Crippen LogP) is 4.40. The van der Waals surface area contributed by atoms with E-state index in [4.69, 9.17) is 0 Å². The Balaban J connectivity index is 1.35. The zero-order chi connectivity index (χ0) is 20.7. The van der Waals surface area contributed by atoms with Crippen LogP contribution < -0.4 is 5.56 Å². The lowest BCUT2D eigenvalue weighted by Crippen LogP contribution is -2.32. The molecule has 1 amide bonds. The molecule has 0 spiro atoms. The van der Waals surface area contributed by atoms with E-state index >= 15 is 0 Å². The first-order chi connectivity index (χ1) is 14.6. The van der Waals surface area contributed by atoms with Crippen LogP contribution in [0.2, 0.25) is 0 Å². The first-order valence-electron chi connectivity index (χ1n) is 11.0. The second kappa shape index (κ2) is 7.99. The fourth-order valence-electron chi connectivity index (χ4n) is 5.05. The van der Waals surface area contributed by atoms with Crippen LogP contribution in [0, 0.1) is 6.92 Å². The molecule has 0 saturated carbocycles. The van der Waals surface area contributed by atoms with Crippen molar-refractivity contribution >= 4 is 27.5 Å². The molecule has 3 heterocycles. The Morgan fingerprint density at radius 2 is 2.03 bits per heavy atom. The molecule has 5 nitrogen and oxygen atoms in total. The minimum atomic E-state index is 0.0177. The normalized spacial score (nSPS) is 18.7. The highest BCUT2D eigenvalue weighted by molar-refractivity contribution is 7.18. The van der Waals surface area contributed by atoms with Gasteiger partial charge in [0.1, 0.15) is 4.83 Å². The van der Waals surface area contributed by atoms with Crippen molar-refractivity contribution in [2.75, 3.05) is 6.54 Å². The molecule has 0 N–H and O–H groups in total. The maximum Gasteiger partial charge on any atom is 0.262 e. The third-order valence-corrected chi connectivity index (χ3v) is 7.83. The molecular formula is C24H27N3O2S. The molecule has 1 saturated heterocycles. The van der Waals surface area contributed by atoms with Crippen LogP contribution in [-0.2, 0) is 24.2 Å². The molecule has 0 bridgehead atoms. The van der Waals surface area contributed by atoms with Gasteiger partial charge in [-0.2, -0.15) is 0 Å². The summed E-state index contributed by atoms with van der Waals surface area (Å²) in [5.41, 5.74) is 3.70. The van der Waals surface area contributed by atoms with Gasteiger partial charge in [0.05, 0.1) is 17.8 Å². The lowest BCUT2D eigenvalue weighted by atomic mass is 9.97. The van der Waals surface area contributed by atoms with E-state index in [9.17, 15) is 9.59 Å². The van der Waals surface area contributed by atoms with Crippen LogP contribution in [-0.4, -0.2) is 26.9 Å². The summed E-state index contributed by atoms with van der Waals surface area (Å²) >= 11 is 1.67. The maximum absolute atomic E-state index is 13.1. The number of rotatable bonds is 4. The van der Waals surface area contributed by atoms with Crippen LogP contribution in [0.15, 0.2) is 35.4 Å². The fourth-order valence-corrected chi connectivity index (χ4v) is 6.27. The van der Waals surface area contributed by atoms with Gasteiger partial charge in [0.2, 0.25) is 5.91 Å². The molecule has 1 aromatic carbocycles. The van der Waals surface area contributed by atoms with Crippen molar-refractivity contribution in [3.05, 3.63) is 62.5 Å². The summed E-state index contributed by atoms with van der Waals surface area (Å²) in [5, 5.41) is 0.795. The molecule has 0 radical (unpaired) electrons. The standard InChI is InChI=1S/C24H27N3O2S/c1-16-7-2-3-8-17(16)19-10-6-13-27(19)21(28)12-14-26-15-25-23-22(24(26)29)18-9-4-5-11-20(18)30-23/h2-3,7-8,15,19H,4-6,9-14H2,1H3. The average molecular weight is 422 g/mol. The molecule has 156 valence electrons. The van der Waals surface area contributed by atoms with E-state index in [0.29, 0.717) is 13.0 Å². The molecular weight excluding hydrogens is 394 g/mol. The number of benzene rings is 1. The monoisotopic (exact) mass is 421 g/mol. The van der Waals surface area contributed by atoms with Gasteiger partial charge in [-0.3, -0.25) is 14.2 Å². The number of nitrogens with zero attached hydrogens (tertiary/aromatic N) is 3. The maximum atomic E-state index is 13.1. The molecule has 2 aliphatic rings. The molecule has 30 heavy (non-hydrogen) atoms. The van der Waals surface area contributed by atoms with Crippen LogP contribution in [0.25, 0.3) is 10.2 Å². The highest BCUT2D eigenvalue weighted by Gasteiger charge is 2.30. The summed E-state index contributed by atoms with van der Waals surface area (Å²) in [6.45, 7) is 3.29. The third kappa shape index (κ3) is 3.37. The first-order valence-corrected chi connectivity index (χ1v) is 11.8. The van der Waals surface area contributed by atoms with Crippen molar-refractivity contribution in [1.82, 2.24) is 14.5 Å². The zero-order valence-electron chi connectivity index (χ0n) is 17.4. The number of fused-ring (bicyclic) bond motifs is 3. The van der Waals surface area contributed by atoms with Gasteiger partial charge < -0.3 is 4.90 Å². The summed E-state index contributed by atoms with van der Waals surface area (Å²) in [6.07, 6.45) is 8.36. The zero-order valence-corrected chi connectivity index (χ0v) is 18.2. The van der Waals surface area contributed by atoms with Gasteiger partial charge in [-0.05, 0) is 62.1 Å². The molecule has 1 aliphatic heterocycles. The Labute approximate surface area is 180 Å². The number of likely N-dealkylation sites (tertiary alicyclic amines) is 1. The van der Waals surface area contributed by atoms with Gasteiger partial charge in [0, 0.05) is 24.4 Å². The lowest BCUT2D eigenvalue weighted by Gasteiger charge is -2.26. The predicted molar refractivity (Wildman–Crippen MR) is 120 cm³/mol. The average Bonchev–Trinajstić information content (AvgIpc) is 3.38. The minimum absolute atomic E-state index is 0.0177. The number of hydrogen-bond acceptors (Lipinski definition) is 4. The van der Waals surface area contributed by atoms with E-state index in [1.54, 1.807) is 22.2 Å². The summed E-state index contributed by atoms with van der Waals surface area (Å²) in [7, 11) is 0. The summed E-state index contributed by atoms with van der Waals surface area (Å²) < 4.78 is 1.64. The number of amides is 1. The van der Waals surface area contributed by atoms with Crippen LogP contribution in [0.3, 0.4) is 0 Å². The van der Waals surface area contributed by atoms with Crippen LogP contribution >= 0.6 is 11.3 Å². The number of hydrogen-bond donors (Lipinski definition) is 0. The van der Waals surface area contributed by atoms with Gasteiger partial charge in [0.15, 0.2) is 0 Å². The molecule has 5 rings (SSSR count). The van der Waals surface area contributed by atoms with Gasteiger partial charge in [-0.15, -0.1) is 11.3 Å². The minimum Gasteiger partial charge on any atom is -0.336 e. The molecule has 2 aromatic heterocycles. The Bertz CT molecular complexity index is 1160. The number of aryl methyl sites for hydroxylation is 4. The smallest absolute Gasteiger partial charge is 0.262 e. The summed E-state index contributed by atoms with van der Waals surface area (Å²) in [4.78, 5) is 34.9. The highest BCUT2D eigenvalue weighted by Crippen LogP contribution is 2.35. The number of aromatic nitrogens is 2. The van der Waals surface area contributed by atoms with Crippen LogP contribution in [0.5, 0.6) is 0 Å². The number of thiophene rings is 1. The molecule has 1 fully saturated rings. The summed E-state index contributed by atoms with van der Waals surface area (Å²) in [5.74, 6) is 0.125. The van der Waals surface area contributed by atoms with Crippen LogP contribution in [0.4, 0.5) is 0 Å². The van der Waals surface area contributed by atoms with Gasteiger partial charge >= 0.3 is 0 Å². The topological polar surface area (TPSA) is 55.2 Å². The van der Waals surface area contributed by atoms with E-state index in [2.05, 4.69) is 24.0 Å². The Kier molecular flexibility index (Phi) is 5.19. The number of carbonyl (C=O) groups excluding carboxylic acids is 1.